The zero-order chi connectivity index (χ0) is 11.3. The number of hydrogen-bond donors (Lipinski definition) is 1. The van der Waals surface area contributed by atoms with E-state index < -0.39 is 5.97 Å². The van der Waals surface area contributed by atoms with Crippen LogP contribution in [0.3, 0.4) is 0 Å². The van der Waals surface area contributed by atoms with E-state index in [9.17, 15) is 4.79 Å². The minimum atomic E-state index is -0.992. The minimum Gasteiger partial charge on any atom is -0.478 e. The third kappa shape index (κ3) is 2.95. The Labute approximate surface area is 87.6 Å². The number of hydrogen-bond acceptors (Lipinski definition) is 4. The molecule has 1 aromatic heterocycles. The highest BCUT2D eigenvalue weighted by Crippen LogP contribution is 2.09. The van der Waals surface area contributed by atoms with Gasteiger partial charge in [-0.2, -0.15) is 5.26 Å². The van der Waals surface area contributed by atoms with Crippen molar-refractivity contribution in [3.8, 4) is 6.07 Å². The molecule has 1 rings (SSSR count). The number of carbonyl (C=O) groups is 1. The fourth-order valence-corrected chi connectivity index (χ4v) is 1.07. The van der Waals surface area contributed by atoms with Crippen molar-refractivity contribution in [3.05, 3.63) is 23.9 Å². The summed E-state index contributed by atoms with van der Waals surface area (Å²) in [6.07, 6.45) is 1.72. The van der Waals surface area contributed by atoms with Crippen molar-refractivity contribution in [3.63, 3.8) is 0 Å². The standard InChI is InChI=1S/C10H11N3O2/c1-13(6-2-5-11)9-4-3-8(7-12-9)10(14)15/h3-4,7H,2,6H2,1H3,(H,14,15). The van der Waals surface area contributed by atoms with Crippen molar-refractivity contribution >= 4 is 11.8 Å². The maximum absolute atomic E-state index is 10.6. The first-order valence-corrected chi connectivity index (χ1v) is 4.42. The highest BCUT2D eigenvalue weighted by Gasteiger charge is 2.05. The summed E-state index contributed by atoms with van der Waals surface area (Å²) in [6, 6.07) is 5.15. The average molecular weight is 205 g/mol. The third-order valence-corrected chi connectivity index (χ3v) is 1.94. The van der Waals surface area contributed by atoms with E-state index in [-0.39, 0.29) is 5.56 Å². The number of pyridine rings is 1. The van der Waals surface area contributed by atoms with Crippen LogP contribution in [0.25, 0.3) is 0 Å². The van der Waals surface area contributed by atoms with E-state index in [1.54, 1.807) is 18.0 Å². The molecule has 0 unspecified atom stereocenters. The molecule has 78 valence electrons. The van der Waals surface area contributed by atoms with Gasteiger partial charge < -0.3 is 10.0 Å². The van der Waals surface area contributed by atoms with Crippen LogP contribution in [-0.2, 0) is 0 Å². The van der Waals surface area contributed by atoms with Gasteiger partial charge in [-0.1, -0.05) is 0 Å². The number of aromatic nitrogens is 1. The number of anilines is 1. The smallest absolute Gasteiger partial charge is 0.337 e. The normalized spacial score (nSPS) is 9.33. The van der Waals surface area contributed by atoms with Crippen LogP contribution in [0.5, 0.6) is 0 Å². The second-order valence-corrected chi connectivity index (χ2v) is 3.04. The van der Waals surface area contributed by atoms with E-state index in [0.29, 0.717) is 18.8 Å². The second-order valence-electron chi connectivity index (χ2n) is 3.04. The Bertz CT molecular complexity index is 381. The van der Waals surface area contributed by atoms with Gasteiger partial charge in [0, 0.05) is 19.8 Å². The van der Waals surface area contributed by atoms with Crippen LogP contribution >= 0.6 is 0 Å². The highest BCUT2D eigenvalue weighted by atomic mass is 16.4. The molecule has 5 nitrogen and oxygen atoms in total. The molecule has 0 aliphatic rings. The fourth-order valence-electron chi connectivity index (χ4n) is 1.07. The van der Waals surface area contributed by atoms with Crippen molar-refractivity contribution in [2.75, 3.05) is 18.5 Å². The second kappa shape index (κ2) is 4.96. The molecule has 5 heteroatoms. The molecule has 0 saturated carbocycles. The van der Waals surface area contributed by atoms with E-state index in [2.05, 4.69) is 4.98 Å². The number of aromatic carboxylic acids is 1. The summed E-state index contributed by atoms with van der Waals surface area (Å²) in [7, 11) is 1.81. The van der Waals surface area contributed by atoms with Crippen LogP contribution in [0.1, 0.15) is 16.8 Å². The molecule has 0 fully saturated rings. The van der Waals surface area contributed by atoms with Gasteiger partial charge in [0.1, 0.15) is 5.82 Å². The van der Waals surface area contributed by atoms with E-state index in [0.717, 1.165) is 0 Å². The summed E-state index contributed by atoms with van der Waals surface area (Å²) in [5, 5.41) is 17.1. The molecule has 1 aromatic rings. The summed E-state index contributed by atoms with van der Waals surface area (Å²) >= 11 is 0. The Morgan fingerprint density at radius 3 is 2.87 bits per heavy atom. The zero-order valence-corrected chi connectivity index (χ0v) is 8.34. The molecule has 0 aliphatic heterocycles. The molecule has 0 amide bonds. The van der Waals surface area contributed by atoms with Crippen molar-refractivity contribution in [1.29, 1.82) is 5.26 Å². The molecule has 0 aliphatic carbocycles. The molecule has 0 bridgehead atoms. The first-order valence-electron chi connectivity index (χ1n) is 4.42. The van der Waals surface area contributed by atoms with Crippen molar-refractivity contribution in [2.24, 2.45) is 0 Å². The van der Waals surface area contributed by atoms with Gasteiger partial charge in [-0.25, -0.2) is 9.78 Å². The number of nitriles is 1. The van der Waals surface area contributed by atoms with Crippen LogP contribution in [-0.4, -0.2) is 29.7 Å². The van der Waals surface area contributed by atoms with Crippen LogP contribution in [0.2, 0.25) is 0 Å². The highest BCUT2D eigenvalue weighted by molar-refractivity contribution is 5.87. The van der Waals surface area contributed by atoms with Gasteiger partial charge in [0.05, 0.1) is 18.1 Å². The van der Waals surface area contributed by atoms with Gasteiger partial charge in [0.15, 0.2) is 0 Å². The molecular formula is C10H11N3O2. The summed E-state index contributed by atoms with van der Waals surface area (Å²) < 4.78 is 0. The van der Waals surface area contributed by atoms with Crippen LogP contribution in [0.15, 0.2) is 18.3 Å². The molecule has 0 spiro atoms. The first-order chi connectivity index (χ1) is 7.15. The van der Waals surface area contributed by atoms with E-state index in [4.69, 9.17) is 10.4 Å². The van der Waals surface area contributed by atoms with Crippen molar-refractivity contribution < 1.29 is 9.90 Å². The first kappa shape index (κ1) is 11.0. The number of carboxylic acid groups (broad SMARTS) is 1. The Balaban J connectivity index is 2.71. The molecule has 0 radical (unpaired) electrons. The summed E-state index contributed by atoms with van der Waals surface area (Å²) in [6.45, 7) is 0.579. The number of carboxylic acids is 1. The maximum Gasteiger partial charge on any atom is 0.337 e. The Morgan fingerprint density at radius 2 is 2.40 bits per heavy atom. The Kier molecular flexibility index (Phi) is 3.63. The number of rotatable bonds is 4. The van der Waals surface area contributed by atoms with Gasteiger partial charge >= 0.3 is 5.97 Å². The third-order valence-electron chi connectivity index (χ3n) is 1.94. The van der Waals surface area contributed by atoms with Gasteiger partial charge in [-0.05, 0) is 12.1 Å². The quantitative estimate of drug-likeness (QED) is 0.797. The lowest BCUT2D eigenvalue weighted by molar-refractivity contribution is 0.0696. The van der Waals surface area contributed by atoms with Gasteiger partial charge in [-0.15, -0.1) is 0 Å². The van der Waals surface area contributed by atoms with Crippen molar-refractivity contribution in [1.82, 2.24) is 4.98 Å². The van der Waals surface area contributed by atoms with Gasteiger partial charge in [0.25, 0.3) is 0 Å². The lowest BCUT2D eigenvalue weighted by atomic mass is 10.3. The van der Waals surface area contributed by atoms with E-state index >= 15 is 0 Å². The summed E-state index contributed by atoms with van der Waals surface area (Å²) in [5.74, 6) is -0.330. The van der Waals surface area contributed by atoms with Gasteiger partial charge in [0.2, 0.25) is 0 Å². The average Bonchev–Trinajstić information content (AvgIpc) is 2.26. The van der Waals surface area contributed by atoms with Crippen molar-refractivity contribution in [2.45, 2.75) is 6.42 Å². The molecule has 0 aromatic carbocycles. The van der Waals surface area contributed by atoms with Gasteiger partial charge in [-0.3, -0.25) is 0 Å². The SMILES string of the molecule is CN(CCC#N)c1ccc(C(=O)O)cn1. The lowest BCUT2D eigenvalue weighted by Gasteiger charge is -2.15. The monoisotopic (exact) mass is 205 g/mol. The molecule has 0 atom stereocenters. The van der Waals surface area contributed by atoms with Crippen LogP contribution in [0, 0.1) is 11.3 Å². The predicted molar refractivity (Wildman–Crippen MR) is 54.7 cm³/mol. The Hall–Kier alpha value is -2.09. The van der Waals surface area contributed by atoms with Crippen LogP contribution in [0.4, 0.5) is 5.82 Å². The van der Waals surface area contributed by atoms with Crippen LogP contribution < -0.4 is 4.90 Å². The molecular weight excluding hydrogens is 194 g/mol. The largest absolute Gasteiger partial charge is 0.478 e. The predicted octanol–water partition coefficient (Wildman–Crippen LogP) is 1.13. The van der Waals surface area contributed by atoms with E-state index in [1.165, 1.54) is 12.3 Å². The molecule has 15 heavy (non-hydrogen) atoms. The fraction of sp³-hybridized carbons (Fsp3) is 0.300. The minimum absolute atomic E-state index is 0.160. The molecule has 0 saturated heterocycles. The summed E-state index contributed by atoms with van der Waals surface area (Å²) in [4.78, 5) is 16.3. The Morgan fingerprint density at radius 1 is 1.67 bits per heavy atom. The maximum atomic E-state index is 10.6. The molecule has 1 N–H and O–H groups in total. The lowest BCUT2D eigenvalue weighted by Crippen LogP contribution is -2.19. The topological polar surface area (TPSA) is 77.2 Å². The number of nitrogens with zero attached hydrogens (tertiary/aromatic N) is 3. The summed E-state index contributed by atoms with van der Waals surface area (Å²) in [5.41, 5.74) is 0.160. The zero-order valence-electron chi connectivity index (χ0n) is 8.34. The molecule has 1 heterocycles. The van der Waals surface area contributed by atoms with E-state index in [1.807, 2.05) is 6.07 Å².